The molecular weight excluding hydrogens is 556 g/mol. The third-order valence-corrected chi connectivity index (χ3v) is 8.17. The maximum Gasteiger partial charge on any atom is 0.379 e. The number of nitrogens with two attached hydrogens (primary N) is 1. The fraction of sp³-hybridized carbons (Fsp3) is 0.333. The minimum absolute atomic E-state index is 0.0151. The van der Waals surface area contributed by atoms with E-state index in [0.29, 0.717) is 40.6 Å². The standard InChI is InChI=1S/C36H38N2O6/c1-6-7-8-9-10-15-41-29-14-11-24(18-32(29)40-5)33-26-13-12-25(19-31(26)44-35(38)28(33)20-37)42-36(39)34-23(4)27-16-21(2)22(3)17-30(27)43-34/h11-14,16-19,33H,6-10,15,38H2,1-5H3. The van der Waals surface area contributed by atoms with Crippen molar-refractivity contribution in [2.45, 2.75) is 65.7 Å². The predicted molar refractivity (Wildman–Crippen MR) is 168 cm³/mol. The minimum Gasteiger partial charge on any atom is -0.493 e. The summed E-state index contributed by atoms with van der Waals surface area (Å²) in [6.45, 7) is 8.65. The number of hydrogen-bond acceptors (Lipinski definition) is 8. The average molecular weight is 595 g/mol. The minimum atomic E-state index is -0.617. The molecule has 0 fully saturated rings. The Morgan fingerprint density at radius 2 is 1.75 bits per heavy atom. The van der Waals surface area contributed by atoms with Crippen LogP contribution in [0.2, 0.25) is 0 Å². The van der Waals surface area contributed by atoms with Crippen molar-refractivity contribution >= 4 is 16.9 Å². The number of hydrogen-bond donors (Lipinski definition) is 1. The third-order valence-electron chi connectivity index (χ3n) is 8.17. The molecule has 3 aromatic carbocycles. The molecular formula is C36H38N2O6. The van der Waals surface area contributed by atoms with Gasteiger partial charge in [-0.25, -0.2) is 4.79 Å². The molecule has 0 bridgehead atoms. The van der Waals surface area contributed by atoms with E-state index in [0.717, 1.165) is 34.9 Å². The van der Waals surface area contributed by atoms with Crippen LogP contribution in [0.5, 0.6) is 23.0 Å². The van der Waals surface area contributed by atoms with E-state index >= 15 is 0 Å². The fourth-order valence-corrected chi connectivity index (χ4v) is 5.54. The second-order valence-corrected chi connectivity index (χ2v) is 11.2. The first kappa shape index (κ1) is 30.6. The lowest BCUT2D eigenvalue weighted by Crippen LogP contribution is -2.21. The van der Waals surface area contributed by atoms with Gasteiger partial charge < -0.3 is 29.1 Å². The Balaban J connectivity index is 1.39. The Morgan fingerprint density at radius 1 is 0.977 bits per heavy atom. The van der Waals surface area contributed by atoms with Gasteiger partial charge in [-0.1, -0.05) is 44.7 Å². The van der Waals surface area contributed by atoms with E-state index in [4.69, 9.17) is 29.1 Å². The van der Waals surface area contributed by atoms with Crippen LogP contribution in [0.4, 0.5) is 0 Å². The molecule has 0 amide bonds. The van der Waals surface area contributed by atoms with Crippen molar-refractivity contribution < 1.29 is 28.2 Å². The summed E-state index contributed by atoms with van der Waals surface area (Å²) in [6, 6.07) is 16.8. The molecule has 4 aromatic rings. The Morgan fingerprint density at radius 3 is 2.50 bits per heavy atom. The largest absolute Gasteiger partial charge is 0.493 e. The molecule has 228 valence electrons. The summed E-state index contributed by atoms with van der Waals surface area (Å²) in [7, 11) is 1.59. The normalized spacial score (nSPS) is 14.1. The number of aryl methyl sites for hydroxylation is 3. The number of ether oxygens (including phenoxy) is 4. The van der Waals surface area contributed by atoms with Crippen molar-refractivity contribution in [2.75, 3.05) is 13.7 Å². The first-order valence-corrected chi connectivity index (χ1v) is 15.0. The van der Waals surface area contributed by atoms with Crippen LogP contribution in [-0.4, -0.2) is 19.7 Å². The number of esters is 1. The number of carbonyl (C=O) groups excluding carboxylic acids is 1. The summed E-state index contributed by atoms with van der Waals surface area (Å²) in [5, 5.41) is 10.9. The summed E-state index contributed by atoms with van der Waals surface area (Å²) in [4.78, 5) is 13.2. The highest BCUT2D eigenvalue weighted by atomic mass is 16.5. The number of unbranched alkanes of at least 4 members (excludes halogenated alkanes) is 4. The second-order valence-electron chi connectivity index (χ2n) is 11.2. The lowest BCUT2D eigenvalue weighted by Gasteiger charge is -2.27. The van der Waals surface area contributed by atoms with Crippen LogP contribution in [0.15, 0.2) is 64.4 Å². The zero-order chi connectivity index (χ0) is 31.4. The molecule has 5 rings (SSSR count). The quantitative estimate of drug-likeness (QED) is 0.105. The van der Waals surface area contributed by atoms with Gasteiger partial charge in [-0.15, -0.1) is 0 Å². The summed E-state index contributed by atoms with van der Waals surface area (Å²) in [5.41, 5.74) is 11.5. The third kappa shape index (κ3) is 6.09. The van der Waals surface area contributed by atoms with Gasteiger partial charge in [0.15, 0.2) is 11.5 Å². The van der Waals surface area contributed by atoms with Crippen molar-refractivity contribution in [3.63, 3.8) is 0 Å². The number of rotatable bonds is 11. The molecule has 2 N–H and O–H groups in total. The molecule has 1 unspecified atom stereocenters. The molecule has 1 aliphatic rings. The van der Waals surface area contributed by atoms with Gasteiger partial charge in [0, 0.05) is 22.6 Å². The van der Waals surface area contributed by atoms with Crippen molar-refractivity contribution in [1.29, 1.82) is 5.26 Å². The molecule has 8 heteroatoms. The molecule has 0 radical (unpaired) electrons. The smallest absolute Gasteiger partial charge is 0.379 e. The van der Waals surface area contributed by atoms with E-state index in [9.17, 15) is 10.1 Å². The second kappa shape index (κ2) is 13.2. The summed E-state index contributed by atoms with van der Waals surface area (Å²) >= 11 is 0. The van der Waals surface area contributed by atoms with Crippen LogP contribution in [0, 0.1) is 32.1 Å². The van der Waals surface area contributed by atoms with E-state index in [2.05, 4.69) is 13.0 Å². The SMILES string of the molecule is CCCCCCCOc1ccc(C2C(C#N)=C(N)Oc3cc(OC(=O)c4oc5cc(C)c(C)cc5c4C)ccc32)cc1OC. The number of fused-ring (bicyclic) bond motifs is 2. The van der Waals surface area contributed by atoms with E-state index < -0.39 is 11.9 Å². The van der Waals surface area contributed by atoms with E-state index in [1.807, 2.05) is 51.1 Å². The topological polar surface area (TPSA) is 117 Å². The lowest BCUT2D eigenvalue weighted by molar-refractivity contribution is 0.0702. The maximum absolute atomic E-state index is 13.2. The zero-order valence-electron chi connectivity index (χ0n) is 25.9. The Hall–Kier alpha value is -4.90. The number of benzene rings is 3. The lowest BCUT2D eigenvalue weighted by atomic mass is 9.83. The Bertz CT molecular complexity index is 1780. The predicted octanol–water partition coefficient (Wildman–Crippen LogP) is 8.15. The van der Waals surface area contributed by atoms with Gasteiger partial charge in [0.1, 0.15) is 28.7 Å². The Labute approximate surface area is 258 Å². The summed E-state index contributed by atoms with van der Waals surface area (Å²) in [5.74, 6) is 0.841. The van der Waals surface area contributed by atoms with E-state index in [1.54, 1.807) is 25.3 Å². The highest BCUT2D eigenvalue weighted by Gasteiger charge is 2.32. The van der Waals surface area contributed by atoms with Crippen LogP contribution in [0.3, 0.4) is 0 Å². The molecule has 44 heavy (non-hydrogen) atoms. The number of nitriles is 1. The molecule has 0 aliphatic carbocycles. The van der Waals surface area contributed by atoms with Crippen molar-refractivity contribution in [2.24, 2.45) is 5.73 Å². The highest BCUT2D eigenvalue weighted by Crippen LogP contribution is 2.45. The van der Waals surface area contributed by atoms with Gasteiger partial charge in [-0.05, 0) is 74.2 Å². The number of furan rings is 1. The Kier molecular flexibility index (Phi) is 9.15. The monoisotopic (exact) mass is 594 g/mol. The molecule has 2 heterocycles. The molecule has 0 spiro atoms. The van der Waals surface area contributed by atoms with E-state index in [-0.39, 0.29) is 23.0 Å². The van der Waals surface area contributed by atoms with Gasteiger partial charge in [0.25, 0.3) is 0 Å². The highest BCUT2D eigenvalue weighted by molar-refractivity contribution is 5.97. The van der Waals surface area contributed by atoms with Crippen molar-refractivity contribution in [3.8, 4) is 29.1 Å². The fourth-order valence-electron chi connectivity index (χ4n) is 5.54. The number of methoxy groups -OCH3 is 1. The number of carbonyl (C=O) groups is 1. The first-order valence-electron chi connectivity index (χ1n) is 15.0. The zero-order valence-corrected chi connectivity index (χ0v) is 25.9. The van der Waals surface area contributed by atoms with Gasteiger partial charge in [0.05, 0.1) is 19.6 Å². The van der Waals surface area contributed by atoms with Crippen LogP contribution < -0.4 is 24.7 Å². The van der Waals surface area contributed by atoms with Gasteiger partial charge >= 0.3 is 5.97 Å². The first-order chi connectivity index (χ1) is 21.2. The maximum atomic E-state index is 13.2. The molecule has 1 aliphatic heterocycles. The molecule has 1 aromatic heterocycles. The van der Waals surface area contributed by atoms with Crippen LogP contribution in [0.25, 0.3) is 11.0 Å². The number of nitrogens with zero attached hydrogens (tertiary/aromatic N) is 1. The van der Waals surface area contributed by atoms with Crippen molar-refractivity contribution in [1.82, 2.24) is 0 Å². The van der Waals surface area contributed by atoms with Crippen molar-refractivity contribution in [3.05, 3.63) is 93.6 Å². The molecule has 0 saturated heterocycles. The summed E-state index contributed by atoms with van der Waals surface area (Å²) < 4.78 is 29.1. The van der Waals surface area contributed by atoms with Crippen LogP contribution >= 0.6 is 0 Å². The average Bonchev–Trinajstić information content (AvgIpc) is 3.33. The molecule has 1 atom stereocenters. The van der Waals surface area contributed by atoms with Crippen LogP contribution in [-0.2, 0) is 0 Å². The number of allylic oxidation sites excluding steroid dienone is 1. The van der Waals surface area contributed by atoms with Gasteiger partial charge in [0.2, 0.25) is 11.6 Å². The molecule has 0 saturated carbocycles. The summed E-state index contributed by atoms with van der Waals surface area (Å²) in [6.07, 6.45) is 5.72. The molecule has 8 nitrogen and oxygen atoms in total. The van der Waals surface area contributed by atoms with Gasteiger partial charge in [-0.2, -0.15) is 5.26 Å². The van der Waals surface area contributed by atoms with E-state index in [1.165, 1.54) is 19.3 Å². The van der Waals surface area contributed by atoms with Crippen LogP contribution in [0.1, 0.15) is 83.3 Å². The van der Waals surface area contributed by atoms with Gasteiger partial charge in [-0.3, -0.25) is 0 Å².